The summed E-state index contributed by atoms with van der Waals surface area (Å²) in [5.41, 5.74) is 4.73. The summed E-state index contributed by atoms with van der Waals surface area (Å²) in [6, 6.07) is 1.83. The van der Waals surface area contributed by atoms with E-state index in [0.717, 1.165) is 6.07 Å². The highest BCUT2D eigenvalue weighted by Gasteiger charge is 2.21. The number of aromatic hydroxyl groups is 1. The van der Waals surface area contributed by atoms with Crippen molar-refractivity contribution in [2.75, 3.05) is 5.73 Å². The summed E-state index contributed by atoms with van der Waals surface area (Å²) in [5, 5.41) is 11.8. The summed E-state index contributed by atoms with van der Waals surface area (Å²) >= 11 is 5.43. The lowest BCUT2D eigenvalue weighted by molar-refractivity contribution is 0.427. The number of phenolic OH excluding ortho intramolecular Hbond substituents is 1. The molecule has 0 spiro atoms. The van der Waals surface area contributed by atoms with Crippen LogP contribution >= 0.6 is 11.6 Å². The molecule has 0 fully saturated rings. The molecule has 1 heterocycles. The molecule has 1 aromatic carbocycles. The van der Waals surface area contributed by atoms with E-state index in [1.807, 2.05) is 0 Å². The molecule has 0 atom stereocenters. The van der Waals surface area contributed by atoms with Crippen LogP contribution in [0.2, 0.25) is 5.02 Å². The minimum atomic E-state index is -1.13. The van der Waals surface area contributed by atoms with Crippen molar-refractivity contribution in [3.8, 4) is 17.1 Å². The monoisotopic (exact) mass is 246 g/mol. The van der Waals surface area contributed by atoms with Crippen molar-refractivity contribution < 1.29 is 18.4 Å². The number of nitrogens with two attached hydrogens (primary N) is 1. The average Bonchev–Trinajstić information content (AvgIpc) is 2.61. The van der Waals surface area contributed by atoms with Crippen LogP contribution in [-0.2, 0) is 0 Å². The lowest BCUT2D eigenvalue weighted by atomic mass is 10.1. The van der Waals surface area contributed by atoms with Crippen LogP contribution in [0.3, 0.4) is 0 Å². The van der Waals surface area contributed by atoms with Crippen molar-refractivity contribution in [2.45, 2.75) is 0 Å². The molecule has 7 heteroatoms. The fourth-order valence-corrected chi connectivity index (χ4v) is 1.36. The second-order valence-electron chi connectivity index (χ2n) is 3.00. The average molecular weight is 247 g/mol. The summed E-state index contributed by atoms with van der Waals surface area (Å²) < 4.78 is 31.6. The van der Waals surface area contributed by atoms with Gasteiger partial charge in [-0.05, 0) is 0 Å². The molecule has 0 saturated carbocycles. The quantitative estimate of drug-likeness (QED) is 0.759. The highest BCUT2D eigenvalue weighted by atomic mass is 35.5. The van der Waals surface area contributed by atoms with Crippen LogP contribution in [-0.4, -0.2) is 10.3 Å². The van der Waals surface area contributed by atoms with E-state index >= 15 is 0 Å². The Labute approximate surface area is 93.2 Å². The summed E-state index contributed by atoms with van der Waals surface area (Å²) in [6.45, 7) is 0. The third-order valence-corrected chi connectivity index (χ3v) is 2.27. The van der Waals surface area contributed by atoms with E-state index in [-0.39, 0.29) is 11.6 Å². The van der Waals surface area contributed by atoms with Gasteiger partial charge in [0.25, 0.3) is 0 Å². The number of hydrogen-bond acceptors (Lipinski definition) is 4. The standard InChI is InChI=1S/C9H5ClF2N2O2/c10-8-4(15)1-3(11)7(9(8)12)5-2-6(13)14-16-5/h1-2,15H,(H2,13,14). The zero-order valence-electron chi connectivity index (χ0n) is 7.67. The molecule has 0 saturated heterocycles. The third-order valence-electron chi connectivity index (χ3n) is 1.91. The minimum absolute atomic E-state index is 0.0157. The molecule has 16 heavy (non-hydrogen) atoms. The first-order valence-electron chi connectivity index (χ1n) is 4.09. The van der Waals surface area contributed by atoms with E-state index in [1.54, 1.807) is 0 Å². The Morgan fingerprint density at radius 1 is 1.38 bits per heavy atom. The van der Waals surface area contributed by atoms with Gasteiger partial charge in [-0.1, -0.05) is 16.8 Å². The van der Waals surface area contributed by atoms with Gasteiger partial charge in [0.1, 0.15) is 16.6 Å². The van der Waals surface area contributed by atoms with Gasteiger partial charge in [0.05, 0.1) is 5.56 Å². The van der Waals surface area contributed by atoms with Crippen LogP contribution in [0.25, 0.3) is 11.3 Å². The molecule has 2 rings (SSSR count). The summed E-state index contributed by atoms with van der Waals surface area (Å²) in [4.78, 5) is 0. The Morgan fingerprint density at radius 2 is 2.06 bits per heavy atom. The number of nitrogen functional groups attached to an aromatic ring is 1. The van der Waals surface area contributed by atoms with Crippen molar-refractivity contribution in [1.82, 2.24) is 5.16 Å². The number of phenols is 1. The van der Waals surface area contributed by atoms with Gasteiger partial charge in [-0.3, -0.25) is 0 Å². The van der Waals surface area contributed by atoms with Crippen LogP contribution in [0.1, 0.15) is 0 Å². The molecule has 4 nitrogen and oxygen atoms in total. The lowest BCUT2D eigenvalue weighted by Gasteiger charge is -2.04. The van der Waals surface area contributed by atoms with Gasteiger partial charge >= 0.3 is 0 Å². The molecule has 1 aromatic heterocycles. The summed E-state index contributed by atoms with van der Waals surface area (Å²) in [5.74, 6) is -3.05. The van der Waals surface area contributed by atoms with E-state index < -0.39 is 28.0 Å². The van der Waals surface area contributed by atoms with Gasteiger partial charge in [-0.15, -0.1) is 0 Å². The van der Waals surface area contributed by atoms with E-state index in [0.29, 0.717) is 6.07 Å². The number of hydrogen-bond donors (Lipinski definition) is 2. The predicted molar refractivity (Wildman–Crippen MR) is 52.9 cm³/mol. The Morgan fingerprint density at radius 3 is 2.62 bits per heavy atom. The van der Waals surface area contributed by atoms with Crippen molar-refractivity contribution in [3.63, 3.8) is 0 Å². The fourth-order valence-electron chi connectivity index (χ4n) is 1.22. The van der Waals surface area contributed by atoms with Crippen LogP contribution in [0.15, 0.2) is 16.7 Å². The third kappa shape index (κ3) is 1.57. The minimum Gasteiger partial charge on any atom is -0.506 e. The maximum absolute atomic E-state index is 13.6. The Hall–Kier alpha value is -1.82. The fraction of sp³-hybridized carbons (Fsp3) is 0. The number of anilines is 1. The molecule has 84 valence electrons. The first-order chi connectivity index (χ1) is 7.50. The maximum Gasteiger partial charge on any atom is 0.175 e. The molecule has 0 amide bonds. The number of rotatable bonds is 1. The van der Waals surface area contributed by atoms with Crippen molar-refractivity contribution in [2.24, 2.45) is 0 Å². The predicted octanol–water partition coefficient (Wildman–Crippen LogP) is 2.56. The largest absolute Gasteiger partial charge is 0.506 e. The molecule has 0 aliphatic heterocycles. The van der Waals surface area contributed by atoms with Gasteiger partial charge in [-0.2, -0.15) is 0 Å². The van der Waals surface area contributed by atoms with Crippen molar-refractivity contribution in [3.05, 3.63) is 28.8 Å². The van der Waals surface area contributed by atoms with Gasteiger partial charge in [-0.25, -0.2) is 8.78 Å². The Bertz CT molecular complexity index is 557. The molecule has 0 bridgehead atoms. The van der Waals surface area contributed by atoms with Crippen molar-refractivity contribution >= 4 is 17.4 Å². The smallest absolute Gasteiger partial charge is 0.175 e. The Balaban J connectivity index is 2.70. The van der Waals surface area contributed by atoms with E-state index in [4.69, 9.17) is 22.4 Å². The van der Waals surface area contributed by atoms with Gasteiger partial charge in [0.15, 0.2) is 17.4 Å². The number of nitrogens with zero attached hydrogens (tertiary/aromatic N) is 1. The first-order valence-corrected chi connectivity index (χ1v) is 4.47. The maximum atomic E-state index is 13.6. The highest BCUT2D eigenvalue weighted by molar-refractivity contribution is 6.32. The Kier molecular flexibility index (Phi) is 2.43. The van der Waals surface area contributed by atoms with Crippen LogP contribution in [0.4, 0.5) is 14.6 Å². The molecule has 0 radical (unpaired) electrons. The van der Waals surface area contributed by atoms with E-state index in [2.05, 4.69) is 9.68 Å². The van der Waals surface area contributed by atoms with Gasteiger partial charge < -0.3 is 15.4 Å². The van der Waals surface area contributed by atoms with Crippen LogP contribution < -0.4 is 5.73 Å². The zero-order valence-corrected chi connectivity index (χ0v) is 8.42. The zero-order chi connectivity index (χ0) is 11.9. The van der Waals surface area contributed by atoms with Crippen LogP contribution in [0.5, 0.6) is 5.75 Å². The topological polar surface area (TPSA) is 72.3 Å². The van der Waals surface area contributed by atoms with Crippen molar-refractivity contribution in [1.29, 1.82) is 0 Å². The number of halogens is 3. The number of benzene rings is 1. The molecular formula is C9H5ClF2N2O2. The van der Waals surface area contributed by atoms with Gasteiger partial charge in [0.2, 0.25) is 0 Å². The second kappa shape index (κ2) is 3.64. The summed E-state index contributed by atoms with van der Waals surface area (Å²) in [6.07, 6.45) is 0. The van der Waals surface area contributed by atoms with Gasteiger partial charge in [0, 0.05) is 12.1 Å². The molecule has 2 aromatic rings. The first kappa shape index (κ1) is 10.7. The molecule has 0 aliphatic carbocycles. The molecule has 3 N–H and O–H groups in total. The summed E-state index contributed by atoms with van der Waals surface area (Å²) in [7, 11) is 0. The molecule has 0 unspecified atom stereocenters. The molecule has 0 aliphatic rings. The lowest BCUT2D eigenvalue weighted by Crippen LogP contribution is -1.90. The van der Waals surface area contributed by atoms with E-state index in [1.165, 1.54) is 0 Å². The van der Waals surface area contributed by atoms with E-state index in [9.17, 15) is 8.78 Å². The molecular weight excluding hydrogens is 242 g/mol. The highest BCUT2D eigenvalue weighted by Crippen LogP contribution is 2.36. The second-order valence-corrected chi connectivity index (χ2v) is 3.37. The SMILES string of the molecule is Nc1cc(-c2c(F)cc(O)c(Cl)c2F)on1. The number of aromatic nitrogens is 1. The van der Waals surface area contributed by atoms with Crippen LogP contribution in [0, 0.1) is 11.6 Å². The normalized spacial score (nSPS) is 10.7.